The zero-order chi connectivity index (χ0) is 52.6. The number of carbonyl (C=O) groups is 2. The summed E-state index contributed by atoms with van der Waals surface area (Å²) in [6.45, 7) is 14.2. The summed E-state index contributed by atoms with van der Waals surface area (Å²) >= 11 is 1.60. The van der Waals surface area contributed by atoms with Crippen LogP contribution in [0.5, 0.6) is 11.6 Å². The van der Waals surface area contributed by atoms with E-state index in [0.29, 0.717) is 46.7 Å². The van der Waals surface area contributed by atoms with Crippen LogP contribution in [0.4, 0.5) is 23.0 Å². The maximum atomic E-state index is 14.4. The molecule has 2 aromatic carbocycles. The van der Waals surface area contributed by atoms with Crippen LogP contribution in [-0.4, -0.2) is 140 Å². The molecule has 5 N–H and O–H groups in total. The number of benzene rings is 2. The van der Waals surface area contributed by atoms with E-state index in [0.717, 1.165) is 123 Å². The number of phenols is 1. The number of thiazole rings is 1. The molecule has 0 spiro atoms. The number of nitrogens with one attached hydrogen (secondary N) is 1. The number of anilines is 4. The molecule has 2 unspecified atom stereocenters. The molecule has 2 bridgehead atoms. The Labute approximate surface area is 448 Å². The highest BCUT2D eigenvalue weighted by atomic mass is 32.1. The predicted molar refractivity (Wildman–Crippen MR) is 293 cm³/mol. The molecule has 5 aliphatic rings. The van der Waals surface area contributed by atoms with Crippen molar-refractivity contribution in [1.29, 1.82) is 0 Å². The number of β-amino-alcohol motifs (C(OH)–C–C–N with tert-alkyl or cyclic N) is 1. The van der Waals surface area contributed by atoms with Gasteiger partial charge in [0.15, 0.2) is 17.4 Å². The number of nitrogens with zero attached hydrogens (tertiary/aromatic N) is 10. The SMILES string of the molecule is Cc1ncsc1-c1ccc([C@H](C)NC(=O)[C@@H]2C[C@@H](O)CN2C(=O)[C@@H](c2cc(N3CCC(CN4CCC(Oc5cc(N6C7CCC6CN(c6cc(-c8ccccc8O)nnc6N)C7)ccn5)CC4)CC3)no2)C(C)C)cc1. The van der Waals surface area contributed by atoms with E-state index < -0.39 is 18.1 Å². The van der Waals surface area contributed by atoms with E-state index in [1.165, 1.54) is 4.90 Å². The van der Waals surface area contributed by atoms with Crippen molar-refractivity contribution < 1.29 is 29.1 Å². The highest BCUT2D eigenvalue weighted by Gasteiger charge is 2.44. The number of phenolic OH excluding ortho intramolecular Hbond substituents is 1. The Hall–Kier alpha value is -6.83. The fraction of sp³-hybridized carbons (Fsp3) is 0.491. The highest BCUT2D eigenvalue weighted by molar-refractivity contribution is 7.13. The first-order valence-electron chi connectivity index (χ1n) is 27.1. The Morgan fingerprint density at radius 2 is 1.63 bits per heavy atom. The minimum absolute atomic E-state index is 0.0811. The summed E-state index contributed by atoms with van der Waals surface area (Å²) in [5.41, 5.74) is 14.5. The summed E-state index contributed by atoms with van der Waals surface area (Å²) in [5.74, 6) is 1.67. The summed E-state index contributed by atoms with van der Waals surface area (Å²) in [7, 11) is 0. The molecule has 5 fully saturated rings. The van der Waals surface area contributed by atoms with Gasteiger partial charge in [-0.25, -0.2) is 9.97 Å². The number of amides is 2. The number of nitrogen functional groups attached to an aromatic ring is 1. The molecule has 11 rings (SSSR count). The molecule has 4 aromatic heterocycles. The fourth-order valence-corrected chi connectivity index (χ4v) is 13.2. The summed E-state index contributed by atoms with van der Waals surface area (Å²) in [5, 5.41) is 37.5. The third-order valence-corrected chi connectivity index (χ3v) is 17.5. The van der Waals surface area contributed by atoms with E-state index in [-0.39, 0.29) is 48.6 Å². The topological polar surface area (TPSA) is 216 Å². The highest BCUT2D eigenvalue weighted by Crippen LogP contribution is 2.41. The number of rotatable bonds is 15. The second kappa shape index (κ2) is 22.0. The van der Waals surface area contributed by atoms with Gasteiger partial charge in [0.2, 0.25) is 17.7 Å². The third kappa shape index (κ3) is 10.8. The summed E-state index contributed by atoms with van der Waals surface area (Å²) in [4.78, 5) is 49.6. The van der Waals surface area contributed by atoms with Gasteiger partial charge in [-0.2, -0.15) is 0 Å². The molecule has 6 atom stereocenters. The zero-order valence-corrected chi connectivity index (χ0v) is 44.7. The summed E-state index contributed by atoms with van der Waals surface area (Å²) < 4.78 is 12.5. The third-order valence-electron chi connectivity index (χ3n) is 16.5. The Morgan fingerprint density at radius 1 is 0.882 bits per heavy atom. The second-order valence-corrected chi connectivity index (χ2v) is 22.8. The van der Waals surface area contributed by atoms with Crippen LogP contribution >= 0.6 is 11.3 Å². The number of para-hydroxylation sites is 1. The molecular formula is C57H70N12O6S. The van der Waals surface area contributed by atoms with Gasteiger partial charge in [0.25, 0.3) is 0 Å². The second-order valence-electron chi connectivity index (χ2n) is 21.9. The van der Waals surface area contributed by atoms with Crippen LogP contribution in [0.3, 0.4) is 0 Å². The van der Waals surface area contributed by atoms with E-state index in [9.17, 15) is 19.8 Å². The number of aromatic hydroxyl groups is 1. The Bertz CT molecular complexity index is 2980. The zero-order valence-electron chi connectivity index (χ0n) is 43.9. The summed E-state index contributed by atoms with van der Waals surface area (Å²) in [6.07, 6.45) is 7.44. The number of likely N-dealkylation sites (tertiary alicyclic amines) is 2. The van der Waals surface area contributed by atoms with Crippen molar-refractivity contribution in [3.05, 3.63) is 102 Å². The lowest BCUT2D eigenvalue weighted by atomic mass is 9.91. The lowest BCUT2D eigenvalue weighted by Gasteiger charge is -2.43. The molecule has 0 aliphatic carbocycles. The van der Waals surface area contributed by atoms with Crippen molar-refractivity contribution >= 4 is 46.2 Å². The van der Waals surface area contributed by atoms with Crippen molar-refractivity contribution in [2.24, 2.45) is 11.8 Å². The molecule has 0 radical (unpaired) electrons. The number of pyridine rings is 1. The van der Waals surface area contributed by atoms with Crippen LogP contribution in [0.2, 0.25) is 0 Å². The predicted octanol–water partition coefficient (Wildman–Crippen LogP) is 7.44. The maximum absolute atomic E-state index is 14.4. The Morgan fingerprint density at radius 3 is 2.34 bits per heavy atom. The maximum Gasteiger partial charge on any atom is 0.243 e. The minimum Gasteiger partial charge on any atom is -0.507 e. The van der Waals surface area contributed by atoms with Crippen LogP contribution in [-0.2, 0) is 9.59 Å². The van der Waals surface area contributed by atoms with Gasteiger partial charge < -0.3 is 55.0 Å². The monoisotopic (exact) mass is 1050 g/mol. The molecule has 19 heteroatoms. The Kier molecular flexibility index (Phi) is 14.9. The minimum atomic E-state index is -0.806. The van der Waals surface area contributed by atoms with Gasteiger partial charge >= 0.3 is 0 Å². The standard InChI is InChI=1S/C57H70N12O6S/c1-34(2)53(57(73)68-32-43(70)26-48(68)56(72)61-35(3)38-9-11-39(12-10-38)54-36(4)60-33-76-54)50-28-51(64-75-50)66-23-16-37(17-24-66)29-65-21-18-44(19-22-65)74-52-25-40(15-20-59-52)69-41-13-14-42(69)31-67(30-41)47-27-46(62-63-55(47)58)45-7-5-6-8-49(45)71/h5-12,15,20,25,27-28,33-35,37,41-44,48,53,70-71H,13-14,16-19,21-24,26,29-32H2,1-4H3,(H2,58,63)(H,61,72)/t35-,41?,42?,43+,48-,53+/m0/s1. The van der Waals surface area contributed by atoms with Gasteiger partial charge in [0.05, 0.1) is 39.6 Å². The number of piperazine rings is 1. The molecule has 400 valence electrons. The quantitative estimate of drug-likeness (QED) is 0.0786. The average Bonchev–Trinajstić information content (AvgIpc) is 4.25. The number of hydrogen-bond acceptors (Lipinski definition) is 17. The molecule has 9 heterocycles. The van der Waals surface area contributed by atoms with E-state index in [2.05, 4.69) is 62.4 Å². The Balaban J connectivity index is 0.638. The number of aromatic nitrogens is 5. The van der Waals surface area contributed by atoms with Crippen molar-refractivity contribution in [1.82, 2.24) is 40.4 Å². The van der Waals surface area contributed by atoms with E-state index in [1.54, 1.807) is 23.5 Å². The van der Waals surface area contributed by atoms with Gasteiger partial charge in [0.1, 0.15) is 23.8 Å². The number of fused-ring (bicyclic) bond motifs is 2. The van der Waals surface area contributed by atoms with Crippen LogP contribution < -0.4 is 30.5 Å². The van der Waals surface area contributed by atoms with Gasteiger partial charge in [-0.05, 0) is 99.6 Å². The first kappa shape index (κ1) is 51.3. The smallest absolute Gasteiger partial charge is 0.243 e. The van der Waals surface area contributed by atoms with Gasteiger partial charge in [-0.1, -0.05) is 55.4 Å². The molecule has 18 nitrogen and oxygen atoms in total. The number of aliphatic hydroxyl groups excluding tert-OH is 1. The number of piperidine rings is 2. The van der Waals surface area contributed by atoms with Crippen LogP contribution in [0.1, 0.15) is 94.7 Å². The van der Waals surface area contributed by atoms with Crippen molar-refractivity contribution in [3.63, 3.8) is 0 Å². The summed E-state index contributed by atoms with van der Waals surface area (Å²) in [6, 6.07) is 22.8. The number of hydrogen-bond donors (Lipinski definition) is 4. The van der Waals surface area contributed by atoms with E-state index >= 15 is 0 Å². The molecular weight excluding hydrogens is 981 g/mol. The molecule has 2 amide bonds. The van der Waals surface area contributed by atoms with Crippen LogP contribution in [0.25, 0.3) is 21.7 Å². The van der Waals surface area contributed by atoms with E-state index in [4.69, 9.17) is 15.0 Å². The average molecular weight is 1050 g/mol. The lowest BCUT2D eigenvalue weighted by molar-refractivity contribution is -0.141. The molecule has 76 heavy (non-hydrogen) atoms. The number of ether oxygens (including phenoxy) is 1. The number of carbonyl (C=O) groups excluding carboxylic acids is 2. The van der Waals surface area contributed by atoms with Gasteiger partial charge in [0, 0.05) is 100 Å². The van der Waals surface area contributed by atoms with Crippen molar-refractivity contribution in [3.8, 4) is 33.3 Å². The van der Waals surface area contributed by atoms with Gasteiger partial charge in [-0.3, -0.25) is 9.59 Å². The van der Waals surface area contributed by atoms with Crippen LogP contribution in [0, 0.1) is 18.8 Å². The molecule has 0 saturated carbocycles. The molecule has 5 saturated heterocycles. The molecule has 5 aliphatic heterocycles. The number of nitrogens with two attached hydrogens (primary N) is 1. The first-order chi connectivity index (χ1) is 36.8. The molecule has 6 aromatic rings. The number of aliphatic hydroxyl groups is 1. The van der Waals surface area contributed by atoms with E-state index in [1.807, 2.05) is 87.9 Å². The van der Waals surface area contributed by atoms with Gasteiger partial charge in [-0.15, -0.1) is 21.5 Å². The lowest BCUT2D eigenvalue weighted by Crippen LogP contribution is -2.54. The largest absolute Gasteiger partial charge is 0.507 e. The number of aryl methyl sites for hydroxylation is 1. The van der Waals surface area contributed by atoms with Crippen molar-refractivity contribution in [2.75, 3.05) is 72.8 Å². The fourth-order valence-electron chi connectivity index (χ4n) is 12.4. The normalized spacial score (nSPS) is 22.3. The van der Waals surface area contributed by atoms with Crippen LogP contribution in [0.15, 0.2) is 89.0 Å². The van der Waals surface area contributed by atoms with Crippen molar-refractivity contribution in [2.45, 2.75) is 115 Å². The first-order valence-corrected chi connectivity index (χ1v) is 28.0.